The predicted molar refractivity (Wildman–Crippen MR) is 136 cm³/mol. The molecule has 7 heteroatoms. The van der Waals surface area contributed by atoms with Crippen molar-refractivity contribution in [1.82, 2.24) is 15.5 Å². The first kappa shape index (κ1) is 25.1. The number of morpholine rings is 1. The average molecular weight is 536 g/mol. The van der Waals surface area contributed by atoms with Gasteiger partial charge in [0.05, 0.1) is 13.2 Å². The molecule has 1 aliphatic rings. The third-order valence-corrected chi connectivity index (χ3v) is 5.32. The number of ether oxygens (including phenoxy) is 1. The minimum Gasteiger partial charge on any atom is -0.370 e. The molecule has 1 unspecified atom stereocenters. The highest BCUT2D eigenvalue weighted by atomic mass is 127. The maximum absolute atomic E-state index is 12.1. The van der Waals surface area contributed by atoms with Crippen LogP contribution in [0.15, 0.2) is 53.5 Å². The van der Waals surface area contributed by atoms with Crippen LogP contribution in [0, 0.1) is 13.8 Å². The number of hydrogen-bond acceptors (Lipinski definition) is 3. The Morgan fingerprint density at radius 1 is 1.16 bits per heavy atom. The summed E-state index contributed by atoms with van der Waals surface area (Å²) in [6.45, 7) is 7.49. The molecule has 0 bridgehead atoms. The molecule has 6 nitrogen and oxygen atoms in total. The van der Waals surface area contributed by atoms with Crippen molar-refractivity contribution >= 4 is 35.8 Å². The normalized spacial score (nSPS) is 16.4. The Kier molecular flexibility index (Phi) is 10.3. The number of nitrogens with one attached hydrogen (secondary N) is 2. The summed E-state index contributed by atoms with van der Waals surface area (Å²) in [5, 5.41) is 6.28. The molecular formula is C24H33IN4O2. The lowest BCUT2D eigenvalue weighted by Gasteiger charge is -2.35. The lowest BCUT2D eigenvalue weighted by atomic mass is 10.00. The maximum atomic E-state index is 12.1. The van der Waals surface area contributed by atoms with Gasteiger partial charge >= 0.3 is 0 Å². The van der Waals surface area contributed by atoms with E-state index in [4.69, 9.17) is 4.74 Å². The molecule has 0 aromatic heterocycles. The van der Waals surface area contributed by atoms with Crippen molar-refractivity contribution in [2.24, 2.45) is 4.99 Å². The van der Waals surface area contributed by atoms with E-state index in [0.29, 0.717) is 26.1 Å². The second-order valence-corrected chi connectivity index (χ2v) is 7.65. The molecule has 2 N–H and O–H groups in total. The number of rotatable bonds is 6. The van der Waals surface area contributed by atoms with Gasteiger partial charge in [-0.1, -0.05) is 54.1 Å². The summed E-state index contributed by atoms with van der Waals surface area (Å²) < 4.78 is 6.04. The number of guanidine groups is 1. The number of amides is 1. The Morgan fingerprint density at radius 3 is 2.65 bits per heavy atom. The third-order valence-electron chi connectivity index (χ3n) is 5.32. The van der Waals surface area contributed by atoms with Gasteiger partial charge in [-0.25, -0.2) is 0 Å². The van der Waals surface area contributed by atoms with Gasteiger partial charge in [-0.2, -0.15) is 0 Å². The first-order chi connectivity index (χ1) is 14.6. The standard InChI is InChI=1S/C24H32N4O2.HI/c1-18-9-10-21(19(2)15-18)22-17-28(13-14-30-22)24(25-3)26-12-11-23(29)27-16-20-7-5-4-6-8-20;/h4-10,15,22H,11-14,16-17H2,1-3H3,(H,25,26)(H,27,29);1H. The largest absolute Gasteiger partial charge is 0.370 e. The molecule has 1 fully saturated rings. The Bertz CT molecular complexity index is 873. The molecule has 3 rings (SSSR count). The Labute approximate surface area is 202 Å². The molecule has 0 saturated carbocycles. The van der Waals surface area contributed by atoms with Crippen LogP contribution in [-0.2, 0) is 16.1 Å². The van der Waals surface area contributed by atoms with Crippen molar-refractivity contribution in [2.75, 3.05) is 33.3 Å². The number of halogens is 1. The van der Waals surface area contributed by atoms with Gasteiger partial charge < -0.3 is 20.3 Å². The van der Waals surface area contributed by atoms with E-state index in [0.717, 1.165) is 24.6 Å². The number of carbonyl (C=O) groups is 1. The molecule has 1 aliphatic heterocycles. The highest BCUT2D eigenvalue weighted by Crippen LogP contribution is 2.25. The fourth-order valence-corrected chi connectivity index (χ4v) is 3.72. The average Bonchev–Trinajstić information content (AvgIpc) is 2.76. The van der Waals surface area contributed by atoms with Gasteiger partial charge in [-0.05, 0) is 30.5 Å². The molecule has 31 heavy (non-hydrogen) atoms. The van der Waals surface area contributed by atoms with E-state index >= 15 is 0 Å². The molecule has 2 aromatic rings. The van der Waals surface area contributed by atoms with Crippen molar-refractivity contribution in [3.05, 3.63) is 70.8 Å². The minimum absolute atomic E-state index is 0. The van der Waals surface area contributed by atoms with Gasteiger partial charge in [0.1, 0.15) is 6.10 Å². The Hall–Kier alpha value is -2.13. The number of benzene rings is 2. The molecule has 1 atom stereocenters. The lowest BCUT2D eigenvalue weighted by Crippen LogP contribution is -2.48. The molecule has 0 aliphatic carbocycles. The Morgan fingerprint density at radius 2 is 1.94 bits per heavy atom. The molecule has 1 saturated heterocycles. The van der Waals surface area contributed by atoms with Gasteiger partial charge in [-0.15, -0.1) is 24.0 Å². The zero-order valence-electron chi connectivity index (χ0n) is 18.6. The van der Waals surface area contributed by atoms with E-state index in [1.165, 1.54) is 16.7 Å². The second-order valence-electron chi connectivity index (χ2n) is 7.65. The van der Waals surface area contributed by atoms with Crippen LogP contribution in [0.2, 0.25) is 0 Å². The zero-order chi connectivity index (χ0) is 21.3. The number of carbonyl (C=O) groups excluding carboxylic acids is 1. The summed E-state index contributed by atoms with van der Waals surface area (Å²) in [6.07, 6.45) is 0.420. The second kappa shape index (κ2) is 12.7. The summed E-state index contributed by atoms with van der Waals surface area (Å²) in [5.74, 6) is 0.834. The van der Waals surface area contributed by atoms with Crippen LogP contribution in [-0.4, -0.2) is 50.1 Å². The van der Waals surface area contributed by atoms with E-state index in [-0.39, 0.29) is 36.0 Å². The SMILES string of the molecule is CN=C(NCCC(=O)NCc1ccccc1)N1CCOC(c2ccc(C)cc2C)C1.I. The third kappa shape index (κ3) is 7.50. The van der Waals surface area contributed by atoms with Crippen LogP contribution in [0.25, 0.3) is 0 Å². The topological polar surface area (TPSA) is 66.0 Å². The summed E-state index contributed by atoms with van der Waals surface area (Å²) >= 11 is 0. The Balaban J connectivity index is 0.00000341. The van der Waals surface area contributed by atoms with Gasteiger partial charge in [0, 0.05) is 33.1 Å². The molecule has 0 spiro atoms. The zero-order valence-corrected chi connectivity index (χ0v) is 20.9. The van der Waals surface area contributed by atoms with E-state index in [2.05, 4.69) is 52.6 Å². The van der Waals surface area contributed by atoms with Crippen molar-refractivity contribution in [2.45, 2.75) is 32.9 Å². The van der Waals surface area contributed by atoms with Gasteiger partial charge in [0.2, 0.25) is 5.91 Å². The summed E-state index contributed by atoms with van der Waals surface area (Å²) in [6, 6.07) is 16.4. The van der Waals surface area contributed by atoms with Crippen LogP contribution in [0.4, 0.5) is 0 Å². The van der Waals surface area contributed by atoms with Crippen LogP contribution in [0.5, 0.6) is 0 Å². The molecular weight excluding hydrogens is 503 g/mol. The summed E-state index contributed by atoms with van der Waals surface area (Å²) in [4.78, 5) is 18.8. The maximum Gasteiger partial charge on any atom is 0.222 e. The molecule has 0 radical (unpaired) electrons. The smallest absolute Gasteiger partial charge is 0.222 e. The molecule has 168 valence electrons. The minimum atomic E-state index is 0. The van der Waals surface area contributed by atoms with Gasteiger partial charge in [-0.3, -0.25) is 9.79 Å². The number of aliphatic imine (C=N–C) groups is 1. The first-order valence-electron chi connectivity index (χ1n) is 10.5. The number of nitrogens with zero attached hydrogens (tertiary/aromatic N) is 2. The first-order valence-corrected chi connectivity index (χ1v) is 10.5. The fourth-order valence-electron chi connectivity index (χ4n) is 3.72. The summed E-state index contributed by atoms with van der Waals surface area (Å²) in [5.41, 5.74) is 4.83. The molecule has 1 heterocycles. The van der Waals surface area contributed by atoms with E-state index in [9.17, 15) is 4.79 Å². The predicted octanol–water partition coefficient (Wildman–Crippen LogP) is 3.58. The van der Waals surface area contributed by atoms with Gasteiger partial charge in [0.15, 0.2) is 5.96 Å². The van der Waals surface area contributed by atoms with Crippen molar-refractivity contribution in [3.63, 3.8) is 0 Å². The van der Waals surface area contributed by atoms with Crippen molar-refractivity contribution in [1.29, 1.82) is 0 Å². The number of aryl methyl sites for hydroxylation is 2. The van der Waals surface area contributed by atoms with Crippen LogP contribution < -0.4 is 10.6 Å². The van der Waals surface area contributed by atoms with Crippen LogP contribution in [0.3, 0.4) is 0 Å². The highest BCUT2D eigenvalue weighted by Gasteiger charge is 2.25. The van der Waals surface area contributed by atoms with Crippen LogP contribution >= 0.6 is 24.0 Å². The van der Waals surface area contributed by atoms with Crippen molar-refractivity contribution < 1.29 is 9.53 Å². The van der Waals surface area contributed by atoms with E-state index in [1.54, 1.807) is 7.05 Å². The fraction of sp³-hybridized carbons (Fsp3) is 0.417. The van der Waals surface area contributed by atoms with E-state index < -0.39 is 0 Å². The quantitative estimate of drug-likeness (QED) is 0.337. The van der Waals surface area contributed by atoms with Crippen LogP contribution in [0.1, 0.15) is 34.8 Å². The molecule has 1 amide bonds. The summed E-state index contributed by atoms with van der Waals surface area (Å²) in [7, 11) is 1.78. The number of hydrogen-bond donors (Lipinski definition) is 2. The monoisotopic (exact) mass is 536 g/mol. The van der Waals surface area contributed by atoms with E-state index in [1.807, 2.05) is 30.3 Å². The van der Waals surface area contributed by atoms with Gasteiger partial charge in [0.25, 0.3) is 0 Å². The molecule has 2 aromatic carbocycles. The highest BCUT2D eigenvalue weighted by molar-refractivity contribution is 14.0. The lowest BCUT2D eigenvalue weighted by molar-refractivity contribution is -0.121. The van der Waals surface area contributed by atoms with Crippen molar-refractivity contribution in [3.8, 4) is 0 Å².